The number of esters is 1. The average Bonchev–Trinajstić information content (AvgIpc) is 2.68. The molecule has 1 heterocycles. The number of rotatable bonds is 4. The molecule has 1 rings (SSSR count). The Bertz CT molecular complexity index is 503. The Labute approximate surface area is 123 Å². The van der Waals surface area contributed by atoms with Crippen molar-refractivity contribution in [3.63, 3.8) is 0 Å². The summed E-state index contributed by atoms with van der Waals surface area (Å²) in [5.74, 6) is -0.735. The molecule has 20 heavy (non-hydrogen) atoms. The molecule has 0 bridgehead atoms. The lowest BCUT2D eigenvalue weighted by Gasteiger charge is -2.25. The molecule has 0 spiro atoms. The van der Waals surface area contributed by atoms with Gasteiger partial charge in [0.15, 0.2) is 0 Å². The summed E-state index contributed by atoms with van der Waals surface area (Å²) in [7, 11) is 0. The fraction of sp³-hybridized carbons (Fsp3) is 0.571. The van der Waals surface area contributed by atoms with E-state index in [0.29, 0.717) is 17.2 Å². The zero-order chi connectivity index (χ0) is 15.5. The minimum atomic E-state index is -0.653. The Kier molecular flexibility index (Phi) is 5.30. The first-order chi connectivity index (χ1) is 9.16. The second-order valence-corrected chi connectivity index (χ2v) is 6.91. The summed E-state index contributed by atoms with van der Waals surface area (Å²) >= 11 is 1.34. The molecule has 1 atom stereocenters. The van der Waals surface area contributed by atoms with Gasteiger partial charge >= 0.3 is 5.97 Å². The van der Waals surface area contributed by atoms with E-state index in [-0.39, 0.29) is 11.3 Å². The highest BCUT2D eigenvalue weighted by atomic mass is 32.1. The van der Waals surface area contributed by atoms with Crippen LogP contribution in [-0.4, -0.2) is 24.5 Å². The van der Waals surface area contributed by atoms with Crippen LogP contribution in [0.4, 0.5) is 5.00 Å². The van der Waals surface area contributed by atoms with Crippen molar-refractivity contribution < 1.29 is 14.3 Å². The van der Waals surface area contributed by atoms with E-state index in [1.54, 1.807) is 13.0 Å². The van der Waals surface area contributed by atoms with E-state index in [9.17, 15) is 9.59 Å². The van der Waals surface area contributed by atoms with E-state index in [1.807, 2.05) is 27.7 Å². The maximum absolute atomic E-state index is 12.1. The molecule has 0 fully saturated rings. The summed E-state index contributed by atoms with van der Waals surface area (Å²) in [6.07, 6.45) is 0. The van der Waals surface area contributed by atoms with E-state index in [2.05, 4.69) is 5.32 Å². The van der Waals surface area contributed by atoms with Crippen molar-refractivity contribution >= 4 is 28.2 Å². The van der Waals surface area contributed by atoms with Crippen LogP contribution in [0.2, 0.25) is 0 Å². The van der Waals surface area contributed by atoms with Gasteiger partial charge in [-0.3, -0.25) is 4.79 Å². The Balaban J connectivity index is 2.93. The highest BCUT2D eigenvalue weighted by Gasteiger charge is 2.29. The van der Waals surface area contributed by atoms with Gasteiger partial charge in [0.2, 0.25) is 5.91 Å². The van der Waals surface area contributed by atoms with Crippen molar-refractivity contribution in [2.24, 2.45) is 11.1 Å². The molecule has 0 aliphatic rings. The zero-order valence-corrected chi connectivity index (χ0v) is 13.4. The van der Waals surface area contributed by atoms with Gasteiger partial charge in [0, 0.05) is 4.88 Å². The van der Waals surface area contributed by atoms with Gasteiger partial charge in [-0.05, 0) is 25.3 Å². The van der Waals surface area contributed by atoms with Crippen LogP contribution >= 0.6 is 11.3 Å². The minimum Gasteiger partial charge on any atom is -0.462 e. The van der Waals surface area contributed by atoms with Gasteiger partial charge in [0.05, 0.1) is 18.2 Å². The number of hydrogen-bond acceptors (Lipinski definition) is 5. The van der Waals surface area contributed by atoms with Crippen LogP contribution < -0.4 is 11.1 Å². The lowest BCUT2D eigenvalue weighted by molar-refractivity contribution is -0.119. The van der Waals surface area contributed by atoms with Gasteiger partial charge in [-0.2, -0.15) is 0 Å². The molecule has 0 aliphatic carbocycles. The third-order valence-corrected chi connectivity index (χ3v) is 3.77. The molecule has 3 N–H and O–H groups in total. The highest BCUT2D eigenvalue weighted by molar-refractivity contribution is 7.16. The number of amides is 1. The van der Waals surface area contributed by atoms with Crippen LogP contribution in [0.5, 0.6) is 0 Å². The van der Waals surface area contributed by atoms with E-state index < -0.39 is 12.0 Å². The average molecular weight is 298 g/mol. The summed E-state index contributed by atoms with van der Waals surface area (Å²) in [4.78, 5) is 24.9. The van der Waals surface area contributed by atoms with Crippen LogP contribution in [0, 0.1) is 12.3 Å². The molecule has 0 aromatic carbocycles. The Morgan fingerprint density at radius 2 is 2.05 bits per heavy atom. The number of ether oxygens (including phenoxy) is 1. The third-order valence-electron chi connectivity index (χ3n) is 2.80. The fourth-order valence-electron chi connectivity index (χ4n) is 1.55. The molecular formula is C14H22N2O3S. The molecule has 1 aromatic heterocycles. The SMILES string of the molecule is CCOC(=O)c1cc(C)sc1NC(=O)[C@@H](N)C(C)(C)C. The van der Waals surface area contributed by atoms with Crippen LogP contribution in [0.1, 0.15) is 42.9 Å². The van der Waals surface area contributed by atoms with E-state index in [4.69, 9.17) is 10.5 Å². The maximum Gasteiger partial charge on any atom is 0.341 e. The van der Waals surface area contributed by atoms with Gasteiger partial charge in [-0.15, -0.1) is 11.3 Å². The molecule has 112 valence electrons. The standard InChI is InChI=1S/C14H22N2O3S/c1-6-19-13(18)9-7-8(2)20-12(9)16-11(17)10(15)14(3,4)5/h7,10H,6,15H2,1-5H3,(H,16,17)/t10-/m1/s1. The molecule has 1 amide bonds. The number of aryl methyl sites for hydroxylation is 1. The van der Waals surface area contributed by atoms with Crippen molar-refractivity contribution in [2.75, 3.05) is 11.9 Å². The monoisotopic (exact) mass is 298 g/mol. The maximum atomic E-state index is 12.1. The smallest absolute Gasteiger partial charge is 0.341 e. The van der Waals surface area contributed by atoms with Gasteiger partial charge in [0.25, 0.3) is 0 Å². The minimum absolute atomic E-state index is 0.294. The Hall–Kier alpha value is -1.40. The normalized spacial score (nSPS) is 12.9. The quantitative estimate of drug-likeness (QED) is 0.837. The largest absolute Gasteiger partial charge is 0.462 e. The predicted octanol–water partition coefficient (Wildman–Crippen LogP) is 2.55. The molecule has 0 unspecified atom stereocenters. The number of carbonyl (C=O) groups excluding carboxylic acids is 2. The third kappa shape index (κ3) is 4.05. The summed E-state index contributed by atoms with van der Waals surface area (Å²) in [5.41, 5.74) is 5.94. The summed E-state index contributed by atoms with van der Waals surface area (Å²) in [5, 5.41) is 3.22. The second-order valence-electron chi connectivity index (χ2n) is 5.65. The first-order valence-corrected chi connectivity index (χ1v) is 7.32. The van der Waals surface area contributed by atoms with E-state index in [1.165, 1.54) is 11.3 Å². The Morgan fingerprint density at radius 1 is 1.45 bits per heavy atom. The van der Waals surface area contributed by atoms with Crippen LogP contribution in [-0.2, 0) is 9.53 Å². The summed E-state index contributed by atoms with van der Waals surface area (Å²) in [6.45, 7) is 9.58. The number of nitrogens with one attached hydrogen (secondary N) is 1. The van der Waals surface area contributed by atoms with Crippen molar-refractivity contribution in [3.05, 3.63) is 16.5 Å². The fourth-order valence-corrected chi connectivity index (χ4v) is 2.45. The molecule has 0 aliphatic heterocycles. The van der Waals surface area contributed by atoms with Gasteiger partial charge in [-0.1, -0.05) is 20.8 Å². The number of anilines is 1. The van der Waals surface area contributed by atoms with Crippen LogP contribution in [0.15, 0.2) is 6.07 Å². The van der Waals surface area contributed by atoms with Crippen molar-refractivity contribution in [1.29, 1.82) is 0 Å². The molecule has 5 nitrogen and oxygen atoms in total. The first-order valence-electron chi connectivity index (χ1n) is 6.50. The van der Waals surface area contributed by atoms with Crippen LogP contribution in [0.25, 0.3) is 0 Å². The highest BCUT2D eigenvalue weighted by Crippen LogP contribution is 2.29. The predicted molar refractivity (Wildman–Crippen MR) is 81.1 cm³/mol. The number of hydrogen-bond donors (Lipinski definition) is 2. The number of thiophene rings is 1. The first kappa shape index (κ1) is 16.7. The molecule has 6 heteroatoms. The number of nitrogens with two attached hydrogens (primary N) is 1. The van der Waals surface area contributed by atoms with Crippen molar-refractivity contribution in [1.82, 2.24) is 0 Å². The lowest BCUT2D eigenvalue weighted by Crippen LogP contribution is -2.45. The Morgan fingerprint density at radius 3 is 2.55 bits per heavy atom. The molecule has 0 saturated carbocycles. The van der Waals surface area contributed by atoms with Crippen molar-refractivity contribution in [3.8, 4) is 0 Å². The van der Waals surface area contributed by atoms with Crippen LogP contribution in [0.3, 0.4) is 0 Å². The summed E-state index contributed by atoms with van der Waals surface area (Å²) in [6, 6.07) is 1.06. The van der Waals surface area contributed by atoms with E-state index in [0.717, 1.165) is 4.88 Å². The van der Waals surface area contributed by atoms with Gasteiger partial charge < -0.3 is 15.8 Å². The summed E-state index contributed by atoms with van der Waals surface area (Å²) < 4.78 is 4.98. The lowest BCUT2D eigenvalue weighted by atomic mass is 9.87. The van der Waals surface area contributed by atoms with Gasteiger partial charge in [-0.25, -0.2) is 4.79 Å². The van der Waals surface area contributed by atoms with Crippen molar-refractivity contribution in [2.45, 2.75) is 40.7 Å². The van der Waals surface area contributed by atoms with E-state index >= 15 is 0 Å². The molecule has 0 saturated heterocycles. The molecular weight excluding hydrogens is 276 g/mol. The topological polar surface area (TPSA) is 81.4 Å². The second kappa shape index (κ2) is 6.37. The molecule has 0 radical (unpaired) electrons. The zero-order valence-electron chi connectivity index (χ0n) is 12.6. The number of carbonyl (C=O) groups is 2. The molecule has 1 aromatic rings. The van der Waals surface area contributed by atoms with Gasteiger partial charge in [0.1, 0.15) is 5.00 Å².